The first-order chi connectivity index (χ1) is 11.0. The second kappa shape index (κ2) is 7.64. The molecule has 1 heteroatoms. The molecule has 23 heavy (non-hydrogen) atoms. The molecule has 2 aromatic carbocycles. The quantitative estimate of drug-likeness (QED) is 0.726. The second-order valence-electron chi connectivity index (χ2n) is 5.90. The van der Waals surface area contributed by atoms with Gasteiger partial charge in [-0.25, -0.2) is 0 Å². The first kappa shape index (κ1) is 16.8. The smallest absolute Gasteiger partial charge is 0.0131 e. The van der Waals surface area contributed by atoms with Crippen LogP contribution in [0, 0.1) is 0 Å². The van der Waals surface area contributed by atoms with Crippen molar-refractivity contribution in [2.24, 2.45) is 5.73 Å². The lowest BCUT2D eigenvalue weighted by Gasteiger charge is -2.15. The minimum atomic E-state index is 0.805. The van der Waals surface area contributed by atoms with Gasteiger partial charge in [0.05, 0.1) is 0 Å². The molecule has 0 aromatic heterocycles. The lowest BCUT2D eigenvalue weighted by molar-refractivity contribution is 1.19. The summed E-state index contributed by atoms with van der Waals surface area (Å²) in [6.45, 7) is 10.0. The van der Waals surface area contributed by atoms with Crippen LogP contribution in [-0.2, 0) is 6.42 Å². The van der Waals surface area contributed by atoms with Gasteiger partial charge < -0.3 is 5.73 Å². The van der Waals surface area contributed by atoms with Gasteiger partial charge in [-0.3, -0.25) is 0 Å². The molecule has 0 heterocycles. The number of nitrogens with two attached hydrogens (primary N) is 1. The zero-order valence-electron chi connectivity index (χ0n) is 14.3. The van der Waals surface area contributed by atoms with Crippen LogP contribution in [-0.4, -0.2) is 0 Å². The van der Waals surface area contributed by atoms with Crippen LogP contribution in [0.2, 0.25) is 0 Å². The molecule has 0 saturated heterocycles. The van der Waals surface area contributed by atoms with E-state index in [0.29, 0.717) is 0 Å². The van der Waals surface area contributed by atoms with Crippen molar-refractivity contribution in [3.05, 3.63) is 101 Å². The number of hydrogen-bond donors (Lipinski definition) is 1. The molecule has 118 valence electrons. The van der Waals surface area contributed by atoms with Crippen LogP contribution < -0.4 is 5.73 Å². The van der Waals surface area contributed by atoms with Gasteiger partial charge in [-0.2, -0.15) is 0 Å². The Morgan fingerprint density at radius 2 is 1.52 bits per heavy atom. The molecule has 1 nitrogen and oxygen atoms in total. The zero-order valence-corrected chi connectivity index (χ0v) is 14.3. The Balaban J connectivity index is 2.28. The molecule has 0 atom stereocenters. The van der Waals surface area contributed by atoms with Crippen LogP contribution in [0.5, 0.6) is 0 Å². The first-order valence-corrected chi connectivity index (χ1v) is 7.95. The standard InChI is InChI=1S/C22H25N/c1-5-21(22(16(2)3)17(4)23)20-13-11-19(12-14-20)15-18-9-7-6-8-10-18/h5-14H,2,15,23H2,1,3-4H3/b21-5-,22-17-. The molecular formula is C22H25N. The minimum absolute atomic E-state index is 0.805. The Hall–Kier alpha value is -2.54. The average molecular weight is 303 g/mol. The molecule has 2 aromatic rings. The van der Waals surface area contributed by atoms with Crippen molar-refractivity contribution in [2.75, 3.05) is 0 Å². The van der Waals surface area contributed by atoms with Crippen molar-refractivity contribution in [2.45, 2.75) is 27.2 Å². The fourth-order valence-electron chi connectivity index (χ4n) is 2.87. The molecule has 0 unspecified atom stereocenters. The van der Waals surface area contributed by atoms with Crippen molar-refractivity contribution in [1.82, 2.24) is 0 Å². The maximum Gasteiger partial charge on any atom is 0.0131 e. The lowest BCUT2D eigenvalue weighted by atomic mass is 9.91. The highest BCUT2D eigenvalue weighted by molar-refractivity contribution is 5.83. The molecule has 0 saturated carbocycles. The summed E-state index contributed by atoms with van der Waals surface area (Å²) in [6, 6.07) is 19.2. The van der Waals surface area contributed by atoms with E-state index in [9.17, 15) is 0 Å². The van der Waals surface area contributed by atoms with Crippen molar-refractivity contribution >= 4 is 5.57 Å². The molecule has 0 aliphatic rings. The van der Waals surface area contributed by atoms with E-state index in [1.54, 1.807) is 0 Å². The van der Waals surface area contributed by atoms with E-state index in [1.807, 2.05) is 26.8 Å². The van der Waals surface area contributed by atoms with Gasteiger partial charge >= 0.3 is 0 Å². The van der Waals surface area contributed by atoms with E-state index < -0.39 is 0 Å². The Kier molecular flexibility index (Phi) is 5.59. The first-order valence-electron chi connectivity index (χ1n) is 7.95. The number of benzene rings is 2. The summed E-state index contributed by atoms with van der Waals surface area (Å²) in [4.78, 5) is 0. The second-order valence-corrected chi connectivity index (χ2v) is 5.90. The third kappa shape index (κ3) is 4.23. The number of rotatable bonds is 5. The van der Waals surface area contributed by atoms with Crippen molar-refractivity contribution in [3.63, 3.8) is 0 Å². The molecule has 0 fully saturated rings. The fourth-order valence-corrected chi connectivity index (χ4v) is 2.87. The van der Waals surface area contributed by atoms with Crippen molar-refractivity contribution < 1.29 is 0 Å². The van der Waals surface area contributed by atoms with Gasteiger partial charge in [0, 0.05) is 11.3 Å². The average Bonchev–Trinajstić information content (AvgIpc) is 2.53. The SMILES string of the molecule is C=C(C)C(/C(=C\C)c1ccc(Cc2ccccc2)cc1)=C(\C)N. The molecule has 2 N–H and O–H groups in total. The van der Waals surface area contributed by atoms with Crippen LogP contribution >= 0.6 is 0 Å². The van der Waals surface area contributed by atoms with Crippen LogP contribution in [0.1, 0.15) is 37.5 Å². The molecule has 0 spiro atoms. The highest BCUT2D eigenvalue weighted by Gasteiger charge is 2.10. The molecule has 2 rings (SSSR count). The van der Waals surface area contributed by atoms with E-state index in [-0.39, 0.29) is 0 Å². The van der Waals surface area contributed by atoms with Gasteiger partial charge in [0.2, 0.25) is 0 Å². The van der Waals surface area contributed by atoms with E-state index >= 15 is 0 Å². The fraction of sp³-hybridized carbons (Fsp3) is 0.182. The van der Waals surface area contributed by atoms with E-state index in [1.165, 1.54) is 16.7 Å². The molecule has 0 radical (unpaired) electrons. The van der Waals surface area contributed by atoms with Crippen LogP contribution in [0.4, 0.5) is 0 Å². The lowest BCUT2D eigenvalue weighted by Crippen LogP contribution is -2.02. The summed E-state index contributed by atoms with van der Waals surface area (Å²) in [7, 11) is 0. The van der Waals surface area contributed by atoms with E-state index in [0.717, 1.165) is 28.8 Å². The molecule has 0 amide bonds. The predicted molar refractivity (Wildman–Crippen MR) is 101 cm³/mol. The van der Waals surface area contributed by atoms with Gasteiger partial charge in [-0.05, 0) is 55.0 Å². The predicted octanol–water partition coefficient (Wildman–Crippen LogP) is 5.49. The summed E-state index contributed by atoms with van der Waals surface area (Å²) in [5.74, 6) is 0. The van der Waals surface area contributed by atoms with Gasteiger partial charge in [0.1, 0.15) is 0 Å². The monoisotopic (exact) mass is 303 g/mol. The van der Waals surface area contributed by atoms with Gasteiger partial charge in [0.15, 0.2) is 0 Å². The van der Waals surface area contributed by atoms with Gasteiger partial charge in [-0.15, -0.1) is 0 Å². The van der Waals surface area contributed by atoms with Crippen LogP contribution in [0.15, 0.2) is 84.1 Å². The topological polar surface area (TPSA) is 26.0 Å². The van der Waals surface area contributed by atoms with Gasteiger partial charge in [-0.1, -0.05) is 67.3 Å². The van der Waals surface area contributed by atoms with Crippen molar-refractivity contribution in [3.8, 4) is 0 Å². The molecule has 0 aliphatic heterocycles. The highest BCUT2D eigenvalue weighted by atomic mass is 14.6. The Morgan fingerprint density at radius 3 is 2.00 bits per heavy atom. The molecule has 0 bridgehead atoms. The maximum atomic E-state index is 6.06. The third-order valence-electron chi connectivity index (χ3n) is 3.90. The minimum Gasteiger partial charge on any atom is -0.402 e. The number of allylic oxidation sites excluding steroid dienone is 5. The Bertz CT molecular complexity index is 727. The van der Waals surface area contributed by atoms with Crippen LogP contribution in [0.25, 0.3) is 5.57 Å². The molecule has 0 aliphatic carbocycles. The summed E-state index contributed by atoms with van der Waals surface area (Å²) in [5.41, 5.74) is 13.9. The third-order valence-corrected chi connectivity index (χ3v) is 3.90. The summed E-state index contributed by atoms with van der Waals surface area (Å²) < 4.78 is 0. The molecular weight excluding hydrogens is 278 g/mol. The largest absolute Gasteiger partial charge is 0.402 e. The Labute approximate surface area is 139 Å². The normalized spacial score (nSPS) is 12.7. The van der Waals surface area contributed by atoms with Gasteiger partial charge in [0.25, 0.3) is 0 Å². The Morgan fingerprint density at radius 1 is 0.957 bits per heavy atom. The number of hydrogen-bond acceptors (Lipinski definition) is 1. The van der Waals surface area contributed by atoms with E-state index in [4.69, 9.17) is 5.73 Å². The highest BCUT2D eigenvalue weighted by Crippen LogP contribution is 2.29. The van der Waals surface area contributed by atoms with Crippen molar-refractivity contribution in [1.29, 1.82) is 0 Å². The summed E-state index contributed by atoms with van der Waals surface area (Å²) in [6.07, 6.45) is 3.05. The van der Waals surface area contributed by atoms with E-state index in [2.05, 4.69) is 61.2 Å². The van der Waals surface area contributed by atoms with Crippen LogP contribution in [0.3, 0.4) is 0 Å². The summed E-state index contributed by atoms with van der Waals surface area (Å²) in [5, 5.41) is 0. The maximum absolute atomic E-state index is 6.06. The zero-order chi connectivity index (χ0) is 16.8. The summed E-state index contributed by atoms with van der Waals surface area (Å²) >= 11 is 0.